The van der Waals surface area contributed by atoms with Crippen molar-refractivity contribution >= 4 is 33.0 Å². The van der Waals surface area contributed by atoms with Crippen molar-refractivity contribution in [2.24, 2.45) is 0 Å². The fraction of sp³-hybridized carbons (Fsp3) is 0.0811. The van der Waals surface area contributed by atoms with Crippen LogP contribution in [0.15, 0.2) is 121 Å². The largest absolute Gasteiger partial charge is 0.309 e. The van der Waals surface area contributed by atoms with Crippen LogP contribution in [-0.2, 0) is 5.41 Å². The van der Waals surface area contributed by atoms with Gasteiger partial charge in [-0.15, -0.1) is 0 Å². The van der Waals surface area contributed by atoms with Gasteiger partial charge in [-0.1, -0.05) is 86.6 Å². The fourth-order valence-corrected chi connectivity index (χ4v) is 6.79. The second-order valence-corrected chi connectivity index (χ2v) is 11.5. The molecule has 0 saturated carbocycles. The van der Waals surface area contributed by atoms with Gasteiger partial charge in [-0.3, -0.25) is 10.1 Å². The van der Waals surface area contributed by atoms with Crippen LogP contribution in [0.5, 0.6) is 0 Å². The van der Waals surface area contributed by atoms with Crippen LogP contribution < -0.4 is 0 Å². The van der Waals surface area contributed by atoms with Crippen LogP contribution >= 0.6 is 0 Å². The number of benzene rings is 5. The summed E-state index contributed by atoms with van der Waals surface area (Å²) in [5.41, 5.74) is 11.7. The van der Waals surface area contributed by atoms with Crippen LogP contribution in [0.4, 0.5) is 5.69 Å². The second kappa shape index (κ2) is 8.39. The summed E-state index contributed by atoms with van der Waals surface area (Å²) in [4.78, 5) is 12.1. The van der Waals surface area contributed by atoms with E-state index in [1.165, 1.54) is 27.6 Å². The third-order valence-corrected chi connectivity index (χ3v) is 8.86. The summed E-state index contributed by atoms with van der Waals surface area (Å²) in [7, 11) is 0. The molecule has 0 saturated heterocycles. The number of fused-ring (bicyclic) bond motifs is 8. The van der Waals surface area contributed by atoms with Crippen molar-refractivity contribution < 1.29 is 4.92 Å². The number of aromatic nitrogens is 1. The van der Waals surface area contributed by atoms with Crippen LogP contribution in [0.2, 0.25) is 0 Å². The van der Waals surface area contributed by atoms with E-state index in [0.717, 1.165) is 38.6 Å². The van der Waals surface area contributed by atoms with Gasteiger partial charge in [0.2, 0.25) is 0 Å². The Kier molecular flexibility index (Phi) is 4.84. The molecular weight excluding hydrogens is 504 g/mol. The van der Waals surface area contributed by atoms with Crippen LogP contribution in [0, 0.1) is 10.1 Å². The topological polar surface area (TPSA) is 47.5 Å². The molecule has 5 aromatic carbocycles. The third kappa shape index (κ3) is 3.40. The SMILES string of the molecule is CC1(C)c2ccccc2-c2ccc(-c3ccc(-c4ccc5c(c4)cc4ccc6ccccc6n45)c([N+](=O)[O-])c3)cc21. The Morgan fingerprint density at radius 1 is 0.585 bits per heavy atom. The van der Waals surface area contributed by atoms with E-state index in [0.29, 0.717) is 5.56 Å². The molecule has 0 bridgehead atoms. The lowest BCUT2D eigenvalue weighted by Crippen LogP contribution is -2.14. The highest BCUT2D eigenvalue weighted by atomic mass is 16.6. The number of para-hydroxylation sites is 1. The highest BCUT2D eigenvalue weighted by Gasteiger charge is 2.35. The first-order valence-corrected chi connectivity index (χ1v) is 13.9. The molecule has 4 heteroatoms. The standard InChI is InChI=1S/C37H26N2O2/c1-37(2)32-9-5-4-8-30(32)31-17-13-24(21-33(31)37)25-12-16-29(36(22-25)39(40)41)26-14-18-35-27(19-26)20-28-15-11-23-7-3-6-10-34(23)38(28)35/h3-22H,1-2H3. The highest BCUT2D eigenvalue weighted by molar-refractivity contribution is 5.97. The molecule has 196 valence electrons. The molecule has 0 amide bonds. The lowest BCUT2D eigenvalue weighted by Gasteiger charge is -2.22. The Hall–Kier alpha value is -5.22. The molecule has 0 atom stereocenters. The van der Waals surface area contributed by atoms with Crippen LogP contribution in [0.3, 0.4) is 0 Å². The minimum absolute atomic E-state index is 0.110. The maximum atomic E-state index is 12.4. The fourth-order valence-electron chi connectivity index (χ4n) is 6.79. The maximum Gasteiger partial charge on any atom is 0.277 e. The van der Waals surface area contributed by atoms with Crippen LogP contribution in [0.1, 0.15) is 25.0 Å². The predicted octanol–water partition coefficient (Wildman–Crippen LogP) is 9.79. The molecule has 0 radical (unpaired) electrons. The Balaban J connectivity index is 1.24. The molecule has 2 heterocycles. The number of hydrogen-bond donors (Lipinski definition) is 0. The number of hydrogen-bond acceptors (Lipinski definition) is 2. The van der Waals surface area contributed by atoms with E-state index in [1.54, 1.807) is 6.07 Å². The zero-order valence-corrected chi connectivity index (χ0v) is 22.8. The van der Waals surface area contributed by atoms with E-state index in [2.05, 4.69) is 103 Å². The molecule has 1 aliphatic carbocycles. The van der Waals surface area contributed by atoms with Gasteiger partial charge in [0, 0.05) is 22.4 Å². The Bertz CT molecular complexity index is 2220. The number of rotatable bonds is 3. The van der Waals surface area contributed by atoms with Gasteiger partial charge in [-0.2, -0.15) is 0 Å². The maximum absolute atomic E-state index is 12.4. The molecule has 41 heavy (non-hydrogen) atoms. The van der Waals surface area contributed by atoms with E-state index in [4.69, 9.17) is 0 Å². The molecular formula is C37H26N2O2. The number of nitro benzene ring substituents is 1. The smallest absolute Gasteiger partial charge is 0.277 e. The Labute approximate surface area is 237 Å². The second-order valence-electron chi connectivity index (χ2n) is 11.5. The van der Waals surface area contributed by atoms with Gasteiger partial charge in [0.1, 0.15) is 0 Å². The molecule has 0 fully saturated rings. The predicted molar refractivity (Wildman–Crippen MR) is 167 cm³/mol. The van der Waals surface area contributed by atoms with Crippen molar-refractivity contribution in [1.29, 1.82) is 0 Å². The Morgan fingerprint density at radius 2 is 1.27 bits per heavy atom. The summed E-state index contributed by atoms with van der Waals surface area (Å²) in [6.45, 7) is 4.49. The zero-order chi connectivity index (χ0) is 27.9. The van der Waals surface area contributed by atoms with Crippen molar-refractivity contribution in [3.63, 3.8) is 0 Å². The summed E-state index contributed by atoms with van der Waals surface area (Å²) in [5.74, 6) is 0. The van der Waals surface area contributed by atoms with E-state index < -0.39 is 0 Å². The molecule has 4 nitrogen and oxygen atoms in total. The summed E-state index contributed by atoms with van der Waals surface area (Å²) < 4.78 is 2.25. The first-order valence-electron chi connectivity index (χ1n) is 13.9. The average Bonchev–Trinajstić information content (AvgIpc) is 3.49. The normalized spacial score (nSPS) is 13.5. The average molecular weight is 531 g/mol. The summed E-state index contributed by atoms with van der Waals surface area (Å²) in [6.07, 6.45) is 0. The van der Waals surface area contributed by atoms with Gasteiger partial charge in [-0.25, -0.2) is 0 Å². The van der Waals surface area contributed by atoms with Gasteiger partial charge in [0.05, 0.1) is 21.5 Å². The van der Waals surface area contributed by atoms with E-state index in [1.807, 2.05) is 30.3 Å². The highest BCUT2D eigenvalue weighted by Crippen LogP contribution is 2.49. The van der Waals surface area contributed by atoms with E-state index >= 15 is 0 Å². The zero-order valence-electron chi connectivity index (χ0n) is 22.8. The van der Waals surface area contributed by atoms with Crippen molar-refractivity contribution in [2.75, 3.05) is 0 Å². The van der Waals surface area contributed by atoms with Gasteiger partial charge >= 0.3 is 0 Å². The van der Waals surface area contributed by atoms with Crippen molar-refractivity contribution in [3.05, 3.63) is 143 Å². The molecule has 7 aromatic rings. The molecule has 0 aliphatic heterocycles. The minimum Gasteiger partial charge on any atom is -0.309 e. The molecule has 2 aromatic heterocycles. The van der Waals surface area contributed by atoms with Crippen molar-refractivity contribution in [2.45, 2.75) is 19.3 Å². The minimum atomic E-state index is -0.264. The number of pyridine rings is 1. The van der Waals surface area contributed by atoms with E-state index in [9.17, 15) is 10.1 Å². The Morgan fingerprint density at radius 3 is 2.12 bits per heavy atom. The van der Waals surface area contributed by atoms with Gasteiger partial charge in [0.15, 0.2) is 0 Å². The molecule has 0 spiro atoms. The summed E-state index contributed by atoms with van der Waals surface area (Å²) in [5, 5.41) is 14.6. The molecule has 0 unspecified atom stereocenters. The van der Waals surface area contributed by atoms with Crippen LogP contribution in [0.25, 0.3) is 60.7 Å². The molecule has 8 rings (SSSR count). The third-order valence-electron chi connectivity index (χ3n) is 8.86. The number of nitro groups is 1. The molecule has 0 N–H and O–H groups in total. The van der Waals surface area contributed by atoms with Gasteiger partial charge in [0.25, 0.3) is 5.69 Å². The quantitative estimate of drug-likeness (QED) is 0.169. The van der Waals surface area contributed by atoms with E-state index in [-0.39, 0.29) is 16.0 Å². The monoisotopic (exact) mass is 530 g/mol. The van der Waals surface area contributed by atoms with Crippen LogP contribution in [-0.4, -0.2) is 9.32 Å². The summed E-state index contributed by atoms with van der Waals surface area (Å²) in [6, 6.07) is 41.5. The number of nitrogens with zero attached hydrogens (tertiary/aromatic N) is 2. The summed E-state index contributed by atoms with van der Waals surface area (Å²) >= 11 is 0. The first kappa shape index (κ1) is 23.6. The van der Waals surface area contributed by atoms with Gasteiger partial charge < -0.3 is 4.40 Å². The van der Waals surface area contributed by atoms with Crippen molar-refractivity contribution in [1.82, 2.24) is 4.40 Å². The van der Waals surface area contributed by atoms with Crippen molar-refractivity contribution in [3.8, 4) is 33.4 Å². The lowest BCUT2D eigenvalue weighted by molar-refractivity contribution is -0.384. The van der Waals surface area contributed by atoms with Gasteiger partial charge in [-0.05, 0) is 86.8 Å². The lowest BCUT2D eigenvalue weighted by atomic mass is 9.81. The first-order chi connectivity index (χ1) is 19.9. The molecule has 1 aliphatic rings.